The molecular formula is C58H88Br2O14S3. The molecule has 0 aromatic heterocycles. The number of aromatic carboxylic acids is 3. The van der Waals surface area contributed by atoms with Gasteiger partial charge in [-0.25, -0.2) is 14.4 Å². The summed E-state index contributed by atoms with van der Waals surface area (Å²) in [5, 5.41) is 28.1. The molecule has 0 bridgehead atoms. The molecule has 3 rings (SSSR count). The van der Waals surface area contributed by atoms with E-state index >= 15 is 0 Å². The summed E-state index contributed by atoms with van der Waals surface area (Å²) in [6.45, 7) is 9.94. The quantitative estimate of drug-likeness (QED) is 0.0193. The number of benzene rings is 3. The van der Waals surface area contributed by atoms with E-state index in [2.05, 4.69) is 51.4 Å². The largest absolute Gasteiger partial charge is 0.478 e. The van der Waals surface area contributed by atoms with E-state index in [-0.39, 0.29) is 47.0 Å². The number of halogens is 2. The summed E-state index contributed by atoms with van der Waals surface area (Å²) in [6, 6.07) is 20.2. The molecule has 0 saturated heterocycles. The summed E-state index contributed by atoms with van der Waals surface area (Å²) in [5.74, 6) is 0.0382. The SMILES string of the molecule is CC(C)=O.COC(C)CCCCCSc1ccc(C(=O)O)cc1.COC(CCCBr)CC(C)=O.COC(CCCCCBr)CC(C)=O.COC(CCCSc1ccc(C(=O)O)cc1)CC(C)=O.O=C(O)c1ccc(S)cc1. The number of ether oxygens (including phenoxy) is 4. The summed E-state index contributed by atoms with van der Waals surface area (Å²) in [4.78, 5) is 76.6. The summed E-state index contributed by atoms with van der Waals surface area (Å²) < 4.78 is 20.8. The Labute approximate surface area is 490 Å². The van der Waals surface area contributed by atoms with Crippen molar-refractivity contribution in [3.05, 3.63) is 89.5 Å². The van der Waals surface area contributed by atoms with E-state index in [1.54, 1.807) is 109 Å². The molecule has 3 aromatic rings. The normalized spacial score (nSPS) is 11.8. The predicted octanol–water partition coefficient (Wildman–Crippen LogP) is 14.7. The molecule has 0 aliphatic carbocycles. The number of carbonyl (C=O) groups excluding carboxylic acids is 4. The van der Waals surface area contributed by atoms with Gasteiger partial charge in [-0.05, 0) is 177 Å². The minimum Gasteiger partial charge on any atom is -0.478 e. The van der Waals surface area contributed by atoms with Crippen LogP contribution in [0.1, 0.15) is 169 Å². The van der Waals surface area contributed by atoms with Gasteiger partial charge >= 0.3 is 17.9 Å². The van der Waals surface area contributed by atoms with Gasteiger partial charge in [-0.2, -0.15) is 0 Å². The lowest BCUT2D eigenvalue weighted by Crippen LogP contribution is -2.14. The first-order valence-electron chi connectivity index (χ1n) is 25.6. The highest BCUT2D eigenvalue weighted by atomic mass is 79.9. The Morgan fingerprint density at radius 3 is 1.09 bits per heavy atom. The van der Waals surface area contributed by atoms with Crippen molar-refractivity contribution in [3.8, 4) is 0 Å². The molecule has 14 nitrogen and oxygen atoms in total. The first kappa shape index (κ1) is 77.8. The summed E-state index contributed by atoms with van der Waals surface area (Å²) in [7, 11) is 6.71. The number of unbranched alkanes of at least 4 members (excludes halogenated alkanes) is 4. The van der Waals surface area contributed by atoms with E-state index in [0.717, 1.165) is 81.8 Å². The van der Waals surface area contributed by atoms with Crippen molar-refractivity contribution < 1.29 is 67.8 Å². The summed E-state index contributed by atoms with van der Waals surface area (Å²) in [6.07, 6.45) is 15.3. The van der Waals surface area contributed by atoms with Crippen molar-refractivity contribution in [3.63, 3.8) is 0 Å². The second-order valence-electron chi connectivity index (χ2n) is 17.8. The number of alkyl halides is 2. The number of ketones is 4. The van der Waals surface area contributed by atoms with Gasteiger partial charge in [0.15, 0.2) is 0 Å². The number of thiol groups is 1. The predicted molar refractivity (Wildman–Crippen MR) is 323 cm³/mol. The Kier molecular flexibility index (Phi) is 52.6. The Hall–Kier alpha value is -3.40. The summed E-state index contributed by atoms with van der Waals surface area (Å²) >= 11 is 14.2. The first-order valence-corrected chi connectivity index (χ1v) is 30.3. The lowest BCUT2D eigenvalue weighted by atomic mass is 10.1. The minimum atomic E-state index is -0.909. The zero-order valence-electron chi connectivity index (χ0n) is 47.0. The molecule has 19 heteroatoms. The van der Waals surface area contributed by atoms with Gasteiger partial charge in [0.1, 0.15) is 23.1 Å². The third-order valence-electron chi connectivity index (χ3n) is 10.5. The molecule has 0 fully saturated rings. The van der Waals surface area contributed by atoms with Crippen LogP contribution < -0.4 is 0 Å². The van der Waals surface area contributed by atoms with Crippen LogP contribution in [0.25, 0.3) is 0 Å². The van der Waals surface area contributed by atoms with Gasteiger partial charge in [-0.1, -0.05) is 57.5 Å². The number of thioether (sulfide) groups is 2. The Morgan fingerprint density at radius 1 is 0.455 bits per heavy atom. The summed E-state index contributed by atoms with van der Waals surface area (Å²) in [5.41, 5.74) is 0.936. The van der Waals surface area contributed by atoms with Gasteiger partial charge in [0.25, 0.3) is 0 Å². The number of Topliss-reactive ketones (excluding diaryl/α,β-unsaturated/α-hetero) is 4. The van der Waals surface area contributed by atoms with Gasteiger partial charge in [-0.3, -0.25) is 14.4 Å². The van der Waals surface area contributed by atoms with Crippen LogP contribution in [-0.2, 0) is 38.1 Å². The fourth-order valence-corrected chi connectivity index (χ4v) is 8.99. The molecule has 3 aromatic carbocycles. The average molecular weight is 1270 g/mol. The second-order valence-corrected chi connectivity index (χ2v) is 22.3. The number of hydrogen-bond acceptors (Lipinski definition) is 14. The van der Waals surface area contributed by atoms with Crippen molar-refractivity contribution in [2.45, 2.75) is 177 Å². The number of rotatable bonds is 33. The zero-order valence-corrected chi connectivity index (χ0v) is 52.7. The van der Waals surface area contributed by atoms with Crippen LogP contribution in [0, 0.1) is 0 Å². The Bertz CT molecular complexity index is 2020. The smallest absolute Gasteiger partial charge is 0.335 e. The highest BCUT2D eigenvalue weighted by molar-refractivity contribution is 9.09. The maximum absolute atomic E-state index is 11.0. The van der Waals surface area contributed by atoms with Gasteiger partial charge in [-0.15, -0.1) is 36.2 Å². The van der Waals surface area contributed by atoms with Crippen molar-refractivity contribution in [2.24, 2.45) is 0 Å². The fraction of sp³-hybridized carbons (Fsp3) is 0.569. The minimum absolute atomic E-state index is 0.00230. The molecule has 77 heavy (non-hydrogen) atoms. The lowest BCUT2D eigenvalue weighted by molar-refractivity contribution is -0.120. The van der Waals surface area contributed by atoms with Crippen LogP contribution in [0.4, 0.5) is 0 Å². The molecule has 3 N–H and O–H groups in total. The molecule has 0 radical (unpaired) electrons. The van der Waals surface area contributed by atoms with Gasteiger partial charge in [0.05, 0.1) is 41.1 Å². The molecule has 4 unspecified atom stereocenters. The number of methoxy groups -OCH3 is 4. The van der Waals surface area contributed by atoms with Crippen molar-refractivity contribution in [1.82, 2.24) is 0 Å². The van der Waals surface area contributed by atoms with E-state index in [1.165, 1.54) is 58.1 Å². The van der Waals surface area contributed by atoms with Crippen LogP contribution in [0.15, 0.2) is 87.5 Å². The van der Waals surface area contributed by atoms with Gasteiger partial charge in [0.2, 0.25) is 0 Å². The third kappa shape index (κ3) is 50.6. The standard InChI is InChI=1S/C15H20O4S.C15H22O3S.C10H19BrO2.C8H15BrO2.C7H6O2S.C3H6O/c1-11(16)10-13(19-2)4-3-9-20-14-7-5-12(6-8-14)15(17)18;1-12(18-2)6-4-3-5-11-19-14-9-7-13(8-10-14)15(16)17;1-9(12)8-10(13-2)6-4-3-5-7-11;1-7(10)6-8(11-2)4-3-5-9;8-7(9)5-1-3-6(10)4-2-5;1-3(2)4/h5-8,13H,3-4,9-10H2,1-2H3,(H,17,18);7-10,12H,3-6,11H2,1-2H3,(H,16,17);10H,3-8H2,1-2H3;8H,3-6H2,1-2H3;1-4,10H,(H,8,9);1-2H3. The van der Waals surface area contributed by atoms with Crippen LogP contribution in [0.5, 0.6) is 0 Å². The average Bonchev–Trinajstić information content (AvgIpc) is 3.38. The van der Waals surface area contributed by atoms with Gasteiger partial charge in [0, 0.05) is 73.0 Å². The third-order valence-corrected chi connectivity index (χ3v) is 14.2. The molecule has 0 spiro atoms. The van der Waals surface area contributed by atoms with E-state index in [9.17, 15) is 33.6 Å². The highest BCUT2D eigenvalue weighted by Crippen LogP contribution is 2.22. The van der Waals surface area contributed by atoms with Crippen molar-refractivity contribution in [2.75, 3.05) is 50.6 Å². The van der Waals surface area contributed by atoms with Crippen molar-refractivity contribution >= 4 is 109 Å². The van der Waals surface area contributed by atoms with E-state index in [0.29, 0.717) is 36.5 Å². The van der Waals surface area contributed by atoms with Crippen LogP contribution in [-0.4, -0.2) is 131 Å². The molecule has 0 aliphatic heterocycles. The first-order chi connectivity index (χ1) is 36.5. The molecule has 0 heterocycles. The lowest BCUT2D eigenvalue weighted by Gasteiger charge is -2.13. The van der Waals surface area contributed by atoms with Gasteiger partial charge < -0.3 is 39.1 Å². The van der Waals surface area contributed by atoms with Crippen LogP contribution >= 0.6 is 68.0 Å². The number of carboxylic acid groups (broad SMARTS) is 3. The van der Waals surface area contributed by atoms with E-state index in [4.69, 9.17) is 34.3 Å². The number of carboxylic acids is 3. The number of hydrogen-bond donors (Lipinski definition) is 4. The van der Waals surface area contributed by atoms with Crippen LogP contribution in [0.3, 0.4) is 0 Å². The molecule has 436 valence electrons. The highest BCUT2D eigenvalue weighted by Gasteiger charge is 2.12. The monoisotopic (exact) mass is 1260 g/mol. The van der Waals surface area contributed by atoms with Crippen molar-refractivity contribution in [1.29, 1.82) is 0 Å². The molecule has 0 aliphatic rings. The fourth-order valence-electron chi connectivity index (χ4n) is 6.33. The number of carbonyl (C=O) groups is 7. The van der Waals surface area contributed by atoms with Crippen LogP contribution in [0.2, 0.25) is 0 Å². The molecule has 0 saturated carbocycles. The zero-order chi connectivity index (χ0) is 59.0. The maximum atomic E-state index is 11.0. The Balaban J connectivity index is -0.000000894. The molecular weight excluding hydrogens is 1180 g/mol. The second kappa shape index (κ2) is 52.0. The Morgan fingerprint density at radius 2 is 0.766 bits per heavy atom. The molecule has 4 atom stereocenters. The molecule has 0 amide bonds. The topological polar surface area (TPSA) is 217 Å². The van der Waals surface area contributed by atoms with E-state index in [1.807, 2.05) is 24.3 Å². The van der Waals surface area contributed by atoms with E-state index < -0.39 is 17.9 Å². The maximum Gasteiger partial charge on any atom is 0.335 e.